The van der Waals surface area contributed by atoms with Gasteiger partial charge in [0.2, 0.25) is 5.91 Å². The van der Waals surface area contributed by atoms with Crippen molar-refractivity contribution in [1.29, 1.82) is 0 Å². The van der Waals surface area contributed by atoms with Crippen molar-refractivity contribution < 1.29 is 9.53 Å². The van der Waals surface area contributed by atoms with E-state index in [-0.39, 0.29) is 5.91 Å². The molecule has 3 aliphatic rings. The SMILES string of the molecule is C=C1C=C(c2ccnc(NC(C)=O)c2)C=C(N2CCOCC2C2CC2)N1. The first-order chi connectivity index (χ1) is 12.6. The highest BCUT2D eigenvalue weighted by molar-refractivity contribution is 5.88. The number of hydrogen-bond donors (Lipinski definition) is 2. The molecular weight excluding hydrogens is 328 g/mol. The average molecular weight is 352 g/mol. The fraction of sp³-hybridized carbons (Fsp3) is 0.400. The molecule has 1 unspecified atom stereocenters. The van der Waals surface area contributed by atoms with Crippen molar-refractivity contribution in [1.82, 2.24) is 15.2 Å². The molecule has 26 heavy (non-hydrogen) atoms. The second kappa shape index (κ2) is 6.96. The lowest BCUT2D eigenvalue weighted by molar-refractivity contribution is -0.114. The number of dihydropyridines is 1. The highest BCUT2D eigenvalue weighted by atomic mass is 16.5. The quantitative estimate of drug-likeness (QED) is 0.872. The van der Waals surface area contributed by atoms with Gasteiger partial charge < -0.3 is 20.3 Å². The molecule has 1 aromatic rings. The van der Waals surface area contributed by atoms with E-state index in [1.807, 2.05) is 18.2 Å². The van der Waals surface area contributed by atoms with Crippen molar-refractivity contribution in [3.63, 3.8) is 0 Å². The lowest BCUT2D eigenvalue weighted by Gasteiger charge is -2.40. The molecule has 0 bridgehead atoms. The summed E-state index contributed by atoms with van der Waals surface area (Å²) >= 11 is 0. The van der Waals surface area contributed by atoms with E-state index < -0.39 is 0 Å². The molecular formula is C20H24N4O2. The number of anilines is 1. The van der Waals surface area contributed by atoms with Gasteiger partial charge in [0.25, 0.3) is 0 Å². The number of carbonyl (C=O) groups excluding carboxylic acids is 1. The Hall–Kier alpha value is -2.60. The monoisotopic (exact) mass is 352 g/mol. The molecule has 1 aliphatic carbocycles. The van der Waals surface area contributed by atoms with E-state index in [0.29, 0.717) is 11.9 Å². The van der Waals surface area contributed by atoms with Gasteiger partial charge in [-0.05, 0) is 54.2 Å². The predicted octanol–water partition coefficient (Wildman–Crippen LogP) is 2.49. The third-order valence-corrected chi connectivity index (χ3v) is 4.95. The van der Waals surface area contributed by atoms with E-state index >= 15 is 0 Å². The van der Waals surface area contributed by atoms with Gasteiger partial charge in [-0.15, -0.1) is 0 Å². The Morgan fingerprint density at radius 3 is 3.04 bits per heavy atom. The number of rotatable bonds is 4. The topological polar surface area (TPSA) is 66.5 Å². The Balaban J connectivity index is 1.62. The molecule has 1 aromatic heterocycles. The molecule has 1 saturated carbocycles. The summed E-state index contributed by atoms with van der Waals surface area (Å²) in [7, 11) is 0. The number of nitrogens with zero attached hydrogens (tertiary/aromatic N) is 2. The van der Waals surface area contributed by atoms with Gasteiger partial charge in [0.05, 0.1) is 19.3 Å². The summed E-state index contributed by atoms with van der Waals surface area (Å²) in [4.78, 5) is 17.9. The van der Waals surface area contributed by atoms with Crippen molar-refractivity contribution >= 4 is 17.3 Å². The van der Waals surface area contributed by atoms with Gasteiger partial charge in [-0.1, -0.05) is 6.58 Å². The van der Waals surface area contributed by atoms with Crippen LogP contribution >= 0.6 is 0 Å². The van der Waals surface area contributed by atoms with E-state index in [4.69, 9.17) is 4.74 Å². The highest BCUT2D eigenvalue weighted by Gasteiger charge is 2.38. The van der Waals surface area contributed by atoms with Crippen LogP contribution in [-0.2, 0) is 9.53 Å². The van der Waals surface area contributed by atoms with Crippen LogP contribution in [0.1, 0.15) is 25.3 Å². The molecule has 0 aromatic carbocycles. The average Bonchev–Trinajstić information content (AvgIpc) is 3.46. The molecule has 6 heteroatoms. The Bertz CT molecular complexity index is 795. The van der Waals surface area contributed by atoms with Gasteiger partial charge in [0, 0.05) is 25.4 Å². The van der Waals surface area contributed by atoms with Crippen molar-refractivity contribution in [3.05, 3.63) is 54.1 Å². The van der Waals surface area contributed by atoms with Crippen molar-refractivity contribution in [2.24, 2.45) is 5.92 Å². The van der Waals surface area contributed by atoms with Crippen molar-refractivity contribution in [2.45, 2.75) is 25.8 Å². The standard InChI is InChI=1S/C20H24N4O2/c1-13-9-17(16-5-6-21-19(10-16)23-14(2)25)11-20(22-13)24-7-8-26-12-18(24)15-3-4-15/h5-6,9-11,15,18,22H,1,3-4,7-8,12H2,2H3,(H,21,23,25). The molecule has 2 N–H and O–H groups in total. The molecule has 1 amide bonds. The first-order valence-corrected chi connectivity index (χ1v) is 9.08. The summed E-state index contributed by atoms with van der Waals surface area (Å²) in [6.07, 6.45) is 8.45. The Labute approximate surface area is 153 Å². The summed E-state index contributed by atoms with van der Waals surface area (Å²) in [5.74, 6) is 2.23. The Kier molecular flexibility index (Phi) is 4.51. The lowest BCUT2D eigenvalue weighted by atomic mass is 10.0. The van der Waals surface area contributed by atoms with Crippen LogP contribution in [-0.4, -0.2) is 41.6 Å². The van der Waals surface area contributed by atoms with Gasteiger partial charge in [0.1, 0.15) is 11.6 Å². The van der Waals surface area contributed by atoms with Crippen LogP contribution in [0, 0.1) is 5.92 Å². The number of carbonyl (C=O) groups is 1. The number of nitrogens with one attached hydrogen (secondary N) is 2. The maximum atomic E-state index is 11.3. The third-order valence-electron chi connectivity index (χ3n) is 4.95. The van der Waals surface area contributed by atoms with Crippen molar-refractivity contribution in [3.8, 4) is 0 Å². The fourth-order valence-corrected chi connectivity index (χ4v) is 3.59. The van der Waals surface area contributed by atoms with E-state index in [9.17, 15) is 4.79 Å². The second-order valence-electron chi connectivity index (χ2n) is 7.06. The van der Waals surface area contributed by atoms with Gasteiger partial charge in [-0.25, -0.2) is 4.98 Å². The lowest BCUT2D eigenvalue weighted by Crippen LogP contribution is -2.49. The first kappa shape index (κ1) is 16.8. The fourth-order valence-electron chi connectivity index (χ4n) is 3.59. The number of morpholine rings is 1. The summed E-state index contributed by atoms with van der Waals surface area (Å²) < 4.78 is 5.71. The number of aromatic nitrogens is 1. The molecule has 0 spiro atoms. The first-order valence-electron chi connectivity index (χ1n) is 9.08. The maximum Gasteiger partial charge on any atom is 0.222 e. The minimum absolute atomic E-state index is 0.129. The Morgan fingerprint density at radius 1 is 1.42 bits per heavy atom. The molecule has 2 aliphatic heterocycles. The predicted molar refractivity (Wildman–Crippen MR) is 101 cm³/mol. The van der Waals surface area contributed by atoms with Gasteiger partial charge in [-0.3, -0.25) is 4.79 Å². The molecule has 3 heterocycles. The Morgan fingerprint density at radius 2 is 2.27 bits per heavy atom. The second-order valence-corrected chi connectivity index (χ2v) is 7.06. The number of ether oxygens (including phenoxy) is 1. The van der Waals surface area contributed by atoms with Crippen LogP contribution in [0.25, 0.3) is 5.57 Å². The normalized spacial score (nSPS) is 23.0. The van der Waals surface area contributed by atoms with Crippen LogP contribution in [0.5, 0.6) is 0 Å². The minimum atomic E-state index is -0.129. The van der Waals surface area contributed by atoms with Crippen LogP contribution < -0.4 is 10.6 Å². The van der Waals surface area contributed by atoms with Crippen LogP contribution in [0.4, 0.5) is 5.82 Å². The third kappa shape index (κ3) is 3.65. The number of pyridine rings is 1. The van der Waals surface area contributed by atoms with E-state index in [2.05, 4.69) is 33.2 Å². The molecule has 6 nitrogen and oxygen atoms in total. The van der Waals surface area contributed by atoms with Gasteiger partial charge in [-0.2, -0.15) is 0 Å². The van der Waals surface area contributed by atoms with Crippen LogP contribution in [0.3, 0.4) is 0 Å². The van der Waals surface area contributed by atoms with E-state index in [1.165, 1.54) is 19.8 Å². The molecule has 0 radical (unpaired) electrons. The summed E-state index contributed by atoms with van der Waals surface area (Å²) in [5.41, 5.74) is 2.91. The van der Waals surface area contributed by atoms with Crippen LogP contribution in [0.15, 0.2) is 48.6 Å². The minimum Gasteiger partial charge on any atom is -0.377 e. The van der Waals surface area contributed by atoms with Crippen LogP contribution in [0.2, 0.25) is 0 Å². The summed E-state index contributed by atoms with van der Waals surface area (Å²) in [5, 5.41) is 6.16. The number of hydrogen-bond acceptors (Lipinski definition) is 5. The zero-order valence-corrected chi connectivity index (χ0v) is 15.0. The maximum absolute atomic E-state index is 11.3. The smallest absolute Gasteiger partial charge is 0.222 e. The molecule has 4 rings (SSSR count). The zero-order valence-electron chi connectivity index (χ0n) is 15.0. The van der Waals surface area contributed by atoms with Gasteiger partial charge >= 0.3 is 0 Å². The number of amides is 1. The molecule has 2 fully saturated rings. The van der Waals surface area contributed by atoms with Gasteiger partial charge in [0.15, 0.2) is 0 Å². The number of allylic oxidation sites excluding steroid dienone is 3. The summed E-state index contributed by atoms with van der Waals surface area (Å²) in [6, 6.07) is 4.26. The molecule has 1 saturated heterocycles. The summed E-state index contributed by atoms with van der Waals surface area (Å²) in [6.45, 7) is 8.02. The zero-order chi connectivity index (χ0) is 18.1. The van der Waals surface area contributed by atoms with Crippen molar-refractivity contribution in [2.75, 3.05) is 25.1 Å². The molecule has 1 atom stereocenters. The highest BCUT2D eigenvalue weighted by Crippen LogP contribution is 2.38. The molecule has 136 valence electrons. The largest absolute Gasteiger partial charge is 0.377 e. The van der Waals surface area contributed by atoms with E-state index in [1.54, 1.807) is 6.20 Å². The van der Waals surface area contributed by atoms with E-state index in [0.717, 1.165) is 48.3 Å².